The van der Waals surface area contributed by atoms with E-state index in [-0.39, 0.29) is 5.91 Å². The number of hydrogen-bond donors (Lipinski definition) is 1. The molecule has 0 atom stereocenters. The summed E-state index contributed by atoms with van der Waals surface area (Å²) in [5.41, 5.74) is 1.55. The molecular weight excluding hydrogens is 232 g/mol. The van der Waals surface area contributed by atoms with Crippen molar-refractivity contribution < 1.29 is 14.3 Å². The Kier molecular flexibility index (Phi) is 5.17. The second-order valence-corrected chi connectivity index (χ2v) is 4.01. The minimum atomic E-state index is -0.477. The molecule has 2 amide bonds. The standard InChI is InChI=1S/C13H18N2O3/c1-4-18-13(17)14-11-7-5-10(6-8-11)9-12(16)15(2)3/h5-8H,4,9H2,1-3H3,(H,14,17). The van der Waals surface area contributed by atoms with Crippen LogP contribution in [-0.4, -0.2) is 37.6 Å². The molecule has 1 aromatic rings. The van der Waals surface area contributed by atoms with Gasteiger partial charge >= 0.3 is 6.09 Å². The second kappa shape index (κ2) is 6.64. The summed E-state index contributed by atoms with van der Waals surface area (Å²) in [5, 5.41) is 2.59. The summed E-state index contributed by atoms with van der Waals surface area (Å²) in [5.74, 6) is 0.0427. The molecule has 98 valence electrons. The van der Waals surface area contributed by atoms with Crippen molar-refractivity contribution in [3.8, 4) is 0 Å². The lowest BCUT2D eigenvalue weighted by atomic mass is 10.1. The Morgan fingerprint density at radius 2 is 1.83 bits per heavy atom. The highest BCUT2D eigenvalue weighted by Crippen LogP contribution is 2.11. The van der Waals surface area contributed by atoms with Crippen LogP contribution in [0.2, 0.25) is 0 Å². The van der Waals surface area contributed by atoms with Crippen LogP contribution >= 0.6 is 0 Å². The number of nitrogens with one attached hydrogen (secondary N) is 1. The first-order chi connectivity index (χ1) is 8.52. The topological polar surface area (TPSA) is 58.6 Å². The summed E-state index contributed by atoms with van der Waals surface area (Å²) in [6.45, 7) is 2.08. The molecule has 5 heteroatoms. The van der Waals surface area contributed by atoms with Crippen molar-refractivity contribution in [1.82, 2.24) is 4.90 Å². The SMILES string of the molecule is CCOC(=O)Nc1ccc(CC(=O)N(C)C)cc1. The number of carbonyl (C=O) groups excluding carboxylic acids is 2. The summed E-state index contributed by atoms with van der Waals surface area (Å²) in [7, 11) is 3.44. The van der Waals surface area contributed by atoms with E-state index >= 15 is 0 Å². The van der Waals surface area contributed by atoms with Gasteiger partial charge in [0.2, 0.25) is 5.91 Å². The maximum atomic E-state index is 11.5. The van der Waals surface area contributed by atoms with E-state index in [1.54, 1.807) is 38.1 Å². The van der Waals surface area contributed by atoms with Crippen molar-refractivity contribution in [1.29, 1.82) is 0 Å². The Bertz CT molecular complexity index is 413. The third-order valence-electron chi connectivity index (χ3n) is 2.33. The summed E-state index contributed by atoms with van der Waals surface area (Å²) in [6.07, 6.45) is -0.123. The molecule has 0 aromatic heterocycles. The zero-order valence-electron chi connectivity index (χ0n) is 10.9. The van der Waals surface area contributed by atoms with Gasteiger partial charge in [0.25, 0.3) is 0 Å². The van der Waals surface area contributed by atoms with Crippen LogP contribution in [-0.2, 0) is 16.0 Å². The highest BCUT2D eigenvalue weighted by molar-refractivity contribution is 5.84. The molecule has 0 fully saturated rings. The fourth-order valence-electron chi connectivity index (χ4n) is 1.32. The zero-order valence-corrected chi connectivity index (χ0v) is 10.9. The van der Waals surface area contributed by atoms with E-state index in [4.69, 9.17) is 4.74 Å². The van der Waals surface area contributed by atoms with Crippen LogP contribution in [0.4, 0.5) is 10.5 Å². The van der Waals surface area contributed by atoms with Gasteiger partial charge in [-0.25, -0.2) is 4.79 Å². The molecule has 0 aliphatic heterocycles. The summed E-state index contributed by atoms with van der Waals surface area (Å²) < 4.78 is 4.76. The lowest BCUT2D eigenvalue weighted by molar-refractivity contribution is -0.127. The number of benzene rings is 1. The number of anilines is 1. The van der Waals surface area contributed by atoms with Gasteiger partial charge in [0.05, 0.1) is 13.0 Å². The molecular formula is C13H18N2O3. The first-order valence-electron chi connectivity index (χ1n) is 5.75. The van der Waals surface area contributed by atoms with Crippen LogP contribution in [0.1, 0.15) is 12.5 Å². The van der Waals surface area contributed by atoms with E-state index in [1.807, 2.05) is 12.1 Å². The minimum absolute atomic E-state index is 0.0427. The van der Waals surface area contributed by atoms with Gasteiger partial charge in [-0.3, -0.25) is 10.1 Å². The molecule has 5 nitrogen and oxygen atoms in total. The number of likely N-dealkylation sites (N-methyl/N-ethyl adjacent to an activating group) is 1. The molecule has 0 heterocycles. The number of hydrogen-bond acceptors (Lipinski definition) is 3. The van der Waals surface area contributed by atoms with E-state index in [0.29, 0.717) is 18.7 Å². The minimum Gasteiger partial charge on any atom is -0.450 e. The fourth-order valence-corrected chi connectivity index (χ4v) is 1.32. The first-order valence-corrected chi connectivity index (χ1v) is 5.75. The van der Waals surface area contributed by atoms with Crippen molar-refractivity contribution >= 4 is 17.7 Å². The molecule has 0 unspecified atom stereocenters. The van der Waals surface area contributed by atoms with E-state index < -0.39 is 6.09 Å². The molecule has 18 heavy (non-hydrogen) atoms. The summed E-state index contributed by atoms with van der Waals surface area (Å²) in [4.78, 5) is 24.2. The summed E-state index contributed by atoms with van der Waals surface area (Å²) in [6, 6.07) is 7.11. The molecule has 1 rings (SSSR count). The van der Waals surface area contributed by atoms with Crippen molar-refractivity contribution in [2.45, 2.75) is 13.3 Å². The smallest absolute Gasteiger partial charge is 0.411 e. The normalized spacial score (nSPS) is 9.72. The Labute approximate surface area is 107 Å². The van der Waals surface area contributed by atoms with Crippen molar-refractivity contribution in [2.75, 3.05) is 26.0 Å². The van der Waals surface area contributed by atoms with Crippen LogP contribution in [0.15, 0.2) is 24.3 Å². The predicted octanol–water partition coefficient (Wildman–Crippen LogP) is 1.89. The molecule has 0 spiro atoms. The first kappa shape index (κ1) is 14.0. The van der Waals surface area contributed by atoms with Crippen LogP contribution in [0.25, 0.3) is 0 Å². The van der Waals surface area contributed by atoms with Gasteiger partial charge in [-0.2, -0.15) is 0 Å². The second-order valence-electron chi connectivity index (χ2n) is 4.01. The monoisotopic (exact) mass is 250 g/mol. The van der Waals surface area contributed by atoms with Gasteiger partial charge in [0.15, 0.2) is 0 Å². The van der Waals surface area contributed by atoms with Crippen LogP contribution < -0.4 is 5.32 Å². The van der Waals surface area contributed by atoms with Gasteiger partial charge in [0.1, 0.15) is 0 Å². The Morgan fingerprint density at radius 3 is 2.33 bits per heavy atom. The molecule has 0 bridgehead atoms. The highest BCUT2D eigenvalue weighted by atomic mass is 16.5. The van der Waals surface area contributed by atoms with Crippen molar-refractivity contribution in [2.24, 2.45) is 0 Å². The maximum absolute atomic E-state index is 11.5. The number of rotatable bonds is 4. The lowest BCUT2D eigenvalue weighted by Crippen LogP contribution is -2.23. The van der Waals surface area contributed by atoms with Crippen molar-refractivity contribution in [3.05, 3.63) is 29.8 Å². The predicted molar refractivity (Wildman–Crippen MR) is 69.5 cm³/mol. The number of nitrogens with zero attached hydrogens (tertiary/aromatic N) is 1. The van der Waals surface area contributed by atoms with Gasteiger partial charge < -0.3 is 9.64 Å². The quantitative estimate of drug-likeness (QED) is 0.887. The molecule has 0 radical (unpaired) electrons. The maximum Gasteiger partial charge on any atom is 0.411 e. The highest BCUT2D eigenvalue weighted by Gasteiger charge is 2.06. The van der Waals surface area contributed by atoms with Gasteiger partial charge in [0, 0.05) is 19.8 Å². The van der Waals surface area contributed by atoms with Crippen molar-refractivity contribution in [3.63, 3.8) is 0 Å². The van der Waals surface area contributed by atoms with E-state index in [1.165, 1.54) is 0 Å². The lowest BCUT2D eigenvalue weighted by Gasteiger charge is -2.10. The summed E-state index contributed by atoms with van der Waals surface area (Å²) >= 11 is 0. The van der Waals surface area contributed by atoms with E-state index in [0.717, 1.165) is 5.56 Å². The van der Waals surface area contributed by atoms with E-state index in [2.05, 4.69) is 5.32 Å². The molecule has 0 saturated carbocycles. The largest absolute Gasteiger partial charge is 0.450 e. The van der Waals surface area contributed by atoms with Crippen LogP contribution in [0, 0.1) is 0 Å². The number of carbonyl (C=O) groups is 2. The molecule has 0 saturated heterocycles. The average molecular weight is 250 g/mol. The number of amides is 2. The Balaban J connectivity index is 2.57. The molecule has 0 aliphatic carbocycles. The molecule has 0 aliphatic rings. The Hall–Kier alpha value is -2.04. The van der Waals surface area contributed by atoms with Gasteiger partial charge in [-0.1, -0.05) is 12.1 Å². The third kappa shape index (κ3) is 4.45. The average Bonchev–Trinajstić information content (AvgIpc) is 2.31. The fraction of sp³-hybridized carbons (Fsp3) is 0.385. The number of ether oxygens (including phenoxy) is 1. The van der Waals surface area contributed by atoms with Gasteiger partial charge in [-0.15, -0.1) is 0 Å². The Morgan fingerprint density at radius 1 is 1.22 bits per heavy atom. The molecule has 1 aromatic carbocycles. The van der Waals surface area contributed by atoms with E-state index in [9.17, 15) is 9.59 Å². The van der Waals surface area contributed by atoms with Crippen LogP contribution in [0.5, 0.6) is 0 Å². The zero-order chi connectivity index (χ0) is 13.5. The van der Waals surface area contributed by atoms with Gasteiger partial charge in [-0.05, 0) is 24.6 Å². The third-order valence-corrected chi connectivity index (χ3v) is 2.33. The molecule has 1 N–H and O–H groups in total. The van der Waals surface area contributed by atoms with Crippen LogP contribution in [0.3, 0.4) is 0 Å².